The molecule has 0 bridgehead atoms. The van der Waals surface area contributed by atoms with E-state index in [-0.39, 0.29) is 23.3 Å². The molecule has 1 amide bonds. The van der Waals surface area contributed by atoms with Gasteiger partial charge in [0.1, 0.15) is 5.82 Å². The molecule has 1 unspecified atom stereocenters. The van der Waals surface area contributed by atoms with Gasteiger partial charge in [0.05, 0.1) is 28.4 Å². The van der Waals surface area contributed by atoms with Crippen LogP contribution in [0.5, 0.6) is 0 Å². The number of para-hydroxylation sites is 1. The van der Waals surface area contributed by atoms with Gasteiger partial charge in [-0.1, -0.05) is 60.3 Å². The molecule has 4 rings (SSSR count). The van der Waals surface area contributed by atoms with E-state index in [2.05, 4.69) is 4.98 Å². The number of benzene rings is 3. The lowest BCUT2D eigenvalue weighted by Gasteiger charge is -2.25. The molecule has 1 heterocycles. The quantitative estimate of drug-likeness (QED) is 0.295. The maximum atomic E-state index is 14.3. The molecule has 0 aliphatic carbocycles. The molecule has 1 atom stereocenters. The Morgan fingerprint density at radius 3 is 2.52 bits per heavy atom. The minimum Gasteiger partial charge on any atom is -0.338 e. The van der Waals surface area contributed by atoms with Crippen LogP contribution in [0.3, 0.4) is 0 Å². The lowest BCUT2D eigenvalue weighted by atomic mass is 10.1. The molecule has 0 aliphatic heterocycles. The van der Waals surface area contributed by atoms with Crippen LogP contribution in [0.2, 0.25) is 0 Å². The Hall–Kier alpha value is -3.45. The van der Waals surface area contributed by atoms with E-state index in [0.717, 1.165) is 5.56 Å². The third-order valence-electron chi connectivity index (χ3n) is 5.74. The Kier molecular flexibility index (Phi) is 6.60. The molecule has 0 spiro atoms. The Bertz CT molecular complexity index is 1370. The first-order chi connectivity index (χ1) is 15.9. The molecular weight excluding hydrogens is 437 g/mol. The molecule has 0 fully saturated rings. The molecule has 0 N–H and O–H groups in total. The van der Waals surface area contributed by atoms with Crippen molar-refractivity contribution in [2.24, 2.45) is 0 Å². The number of thioether (sulfide) groups is 1. The van der Waals surface area contributed by atoms with Gasteiger partial charge in [-0.3, -0.25) is 14.2 Å². The fourth-order valence-electron chi connectivity index (χ4n) is 3.56. The van der Waals surface area contributed by atoms with Crippen LogP contribution in [0.1, 0.15) is 24.1 Å². The Labute approximate surface area is 195 Å². The predicted molar refractivity (Wildman–Crippen MR) is 130 cm³/mol. The van der Waals surface area contributed by atoms with Crippen LogP contribution in [0.15, 0.2) is 82.7 Å². The van der Waals surface area contributed by atoms with E-state index in [1.165, 1.54) is 22.4 Å². The largest absolute Gasteiger partial charge is 0.338 e. The van der Waals surface area contributed by atoms with E-state index in [1.54, 1.807) is 55.3 Å². The number of carbonyl (C=O) groups is 1. The average Bonchev–Trinajstić information content (AvgIpc) is 2.84. The molecule has 4 aromatic rings. The average molecular weight is 462 g/mol. The summed E-state index contributed by atoms with van der Waals surface area (Å²) in [4.78, 5) is 32.6. The fourth-order valence-corrected chi connectivity index (χ4v) is 4.49. The zero-order valence-electron chi connectivity index (χ0n) is 18.7. The highest BCUT2D eigenvalue weighted by Crippen LogP contribution is 2.24. The number of carbonyl (C=O) groups excluding carboxylic acids is 1. The van der Waals surface area contributed by atoms with Crippen LogP contribution in [0, 0.1) is 12.7 Å². The number of aromatic nitrogens is 2. The molecule has 33 heavy (non-hydrogen) atoms. The summed E-state index contributed by atoms with van der Waals surface area (Å²) >= 11 is 1.17. The predicted octanol–water partition coefficient (Wildman–Crippen LogP) is 5.14. The second-order valence-corrected chi connectivity index (χ2v) is 8.81. The molecule has 3 aromatic carbocycles. The molecule has 168 valence electrons. The van der Waals surface area contributed by atoms with E-state index in [4.69, 9.17) is 0 Å². The van der Waals surface area contributed by atoms with Gasteiger partial charge in [-0.2, -0.15) is 0 Å². The number of amides is 1. The topological polar surface area (TPSA) is 55.2 Å². The fraction of sp³-hybridized carbons (Fsp3) is 0.192. The number of rotatable bonds is 6. The first-order valence-electron chi connectivity index (χ1n) is 10.6. The molecule has 0 saturated carbocycles. The Balaban J connectivity index is 1.67. The number of aryl methyl sites for hydroxylation is 1. The van der Waals surface area contributed by atoms with Crippen LogP contribution in [0.25, 0.3) is 16.6 Å². The van der Waals surface area contributed by atoms with Crippen molar-refractivity contribution in [3.05, 3.63) is 100 Å². The number of hydrogen-bond acceptors (Lipinski definition) is 4. The standard InChI is InChI=1S/C26H24FN3O2S/c1-17-13-14-20(15-22(17)27)30-25(32)21-11-7-8-12-23(21)28-26(30)33-16-24(31)29(3)18(2)19-9-5-4-6-10-19/h4-15,18H,16H2,1-3H3. The summed E-state index contributed by atoms with van der Waals surface area (Å²) in [6.45, 7) is 3.63. The number of hydrogen-bond donors (Lipinski definition) is 0. The van der Waals surface area contributed by atoms with Crippen molar-refractivity contribution in [1.82, 2.24) is 14.5 Å². The molecule has 1 aromatic heterocycles. The summed E-state index contributed by atoms with van der Waals surface area (Å²) in [5.74, 6) is -0.413. The highest BCUT2D eigenvalue weighted by atomic mass is 32.2. The van der Waals surface area contributed by atoms with Gasteiger partial charge in [0, 0.05) is 7.05 Å². The highest BCUT2D eigenvalue weighted by molar-refractivity contribution is 7.99. The lowest BCUT2D eigenvalue weighted by Crippen LogP contribution is -2.31. The smallest absolute Gasteiger partial charge is 0.266 e. The Morgan fingerprint density at radius 1 is 1.09 bits per heavy atom. The van der Waals surface area contributed by atoms with E-state index < -0.39 is 5.82 Å². The second kappa shape index (κ2) is 9.58. The zero-order valence-corrected chi connectivity index (χ0v) is 19.5. The minimum atomic E-state index is -0.406. The number of fused-ring (bicyclic) bond motifs is 1. The molecule has 0 saturated heterocycles. The van der Waals surface area contributed by atoms with Crippen molar-refractivity contribution in [2.45, 2.75) is 25.0 Å². The van der Waals surface area contributed by atoms with E-state index >= 15 is 0 Å². The van der Waals surface area contributed by atoms with Gasteiger partial charge >= 0.3 is 0 Å². The summed E-state index contributed by atoms with van der Waals surface area (Å²) in [7, 11) is 1.76. The van der Waals surface area contributed by atoms with Crippen LogP contribution in [-0.2, 0) is 4.79 Å². The second-order valence-electron chi connectivity index (χ2n) is 7.87. The highest BCUT2D eigenvalue weighted by Gasteiger charge is 2.20. The summed E-state index contributed by atoms with van der Waals surface area (Å²) in [5, 5.41) is 0.778. The normalized spacial score (nSPS) is 12.0. The van der Waals surface area contributed by atoms with Crippen molar-refractivity contribution < 1.29 is 9.18 Å². The SMILES string of the molecule is Cc1ccc(-n2c(SCC(=O)N(C)C(C)c3ccccc3)nc3ccccc3c2=O)cc1F. The van der Waals surface area contributed by atoms with Crippen LogP contribution in [-0.4, -0.2) is 33.2 Å². The van der Waals surface area contributed by atoms with Gasteiger partial charge < -0.3 is 4.90 Å². The van der Waals surface area contributed by atoms with Gasteiger partial charge in [-0.15, -0.1) is 0 Å². The summed E-state index contributed by atoms with van der Waals surface area (Å²) < 4.78 is 15.7. The van der Waals surface area contributed by atoms with Gasteiger partial charge in [-0.25, -0.2) is 9.37 Å². The van der Waals surface area contributed by atoms with E-state index in [1.807, 2.05) is 37.3 Å². The van der Waals surface area contributed by atoms with Crippen molar-refractivity contribution >= 4 is 28.6 Å². The van der Waals surface area contributed by atoms with Crippen molar-refractivity contribution in [3.8, 4) is 5.69 Å². The molecule has 0 radical (unpaired) electrons. The minimum absolute atomic E-state index is 0.0901. The molecular formula is C26H24FN3O2S. The first kappa shape index (κ1) is 22.7. The third-order valence-corrected chi connectivity index (χ3v) is 6.66. The van der Waals surface area contributed by atoms with Crippen molar-refractivity contribution in [3.63, 3.8) is 0 Å². The van der Waals surface area contributed by atoms with E-state index in [0.29, 0.717) is 27.3 Å². The third kappa shape index (κ3) is 4.68. The molecule has 0 aliphatic rings. The summed E-state index contributed by atoms with van der Waals surface area (Å²) in [5.41, 5.74) is 2.13. The maximum absolute atomic E-state index is 14.3. The van der Waals surface area contributed by atoms with Gasteiger partial charge in [-0.05, 0) is 49.2 Å². The monoisotopic (exact) mass is 461 g/mol. The summed E-state index contributed by atoms with van der Waals surface area (Å²) in [6, 6.07) is 21.3. The lowest BCUT2D eigenvalue weighted by molar-refractivity contribution is -0.128. The first-order valence-corrected chi connectivity index (χ1v) is 11.6. The van der Waals surface area contributed by atoms with Crippen LogP contribution in [0.4, 0.5) is 4.39 Å². The van der Waals surface area contributed by atoms with Gasteiger partial charge in [0.2, 0.25) is 5.91 Å². The number of nitrogens with zero attached hydrogens (tertiary/aromatic N) is 3. The van der Waals surface area contributed by atoms with Gasteiger partial charge in [0.25, 0.3) is 5.56 Å². The van der Waals surface area contributed by atoms with E-state index in [9.17, 15) is 14.0 Å². The van der Waals surface area contributed by atoms with Gasteiger partial charge in [0.15, 0.2) is 5.16 Å². The van der Waals surface area contributed by atoms with Crippen molar-refractivity contribution in [2.75, 3.05) is 12.8 Å². The maximum Gasteiger partial charge on any atom is 0.266 e. The molecule has 5 nitrogen and oxygen atoms in total. The van der Waals surface area contributed by atoms with Crippen LogP contribution >= 0.6 is 11.8 Å². The van der Waals surface area contributed by atoms with Crippen LogP contribution < -0.4 is 5.56 Å². The number of halogens is 1. The summed E-state index contributed by atoms with van der Waals surface area (Å²) in [6.07, 6.45) is 0. The molecule has 7 heteroatoms. The zero-order chi connectivity index (χ0) is 23.5. The van der Waals surface area contributed by atoms with Crippen molar-refractivity contribution in [1.29, 1.82) is 0 Å². The Morgan fingerprint density at radius 2 is 1.79 bits per heavy atom.